The van der Waals surface area contributed by atoms with E-state index in [0.29, 0.717) is 0 Å². The molecule has 0 fully saturated rings. The third-order valence-electron chi connectivity index (χ3n) is 3.34. The van der Waals surface area contributed by atoms with Crippen molar-refractivity contribution in [2.75, 3.05) is 27.0 Å². The van der Waals surface area contributed by atoms with Crippen LogP contribution >= 0.6 is 11.8 Å². The van der Waals surface area contributed by atoms with Gasteiger partial charge in [0.25, 0.3) is 0 Å². The van der Waals surface area contributed by atoms with Crippen molar-refractivity contribution in [3.8, 4) is 5.75 Å². The summed E-state index contributed by atoms with van der Waals surface area (Å²) in [7, 11) is 4.88. The van der Waals surface area contributed by atoms with Crippen LogP contribution in [0.4, 0.5) is 0 Å². The molecule has 112 valence electrons. The van der Waals surface area contributed by atoms with Crippen LogP contribution in [-0.2, 0) is 9.53 Å². The van der Waals surface area contributed by atoms with Crippen LogP contribution in [0.15, 0.2) is 29.2 Å². The SMILES string of the molecule is CNC(C)(CCCSc1ccccc1OC)C(=O)OC. The third-order valence-corrected chi connectivity index (χ3v) is 4.48. The topological polar surface area (TPSA) is 47.6 Å². The van der Waals surface area contributed by atoms with Crippen LogP contribution in [0.2, 0.25) is 0 Å². The Kier molecular flexibility index (Phi) is 6.88. The van der Waals surface area contributed by atoms with E-state index < -0.39 is 5.54 Å². The van der Waals surface area contributed by atoms with Crippen LogP contribution in [0, 0.1) is 0 Å². The van der Waals surface area contributed by atoms with Gasteiger partial charge in [-0.25, -0.2) is 0 Å². The number of rotatable bonds is 8. The molecule has 0 saturated heterocycles. The van der Waals surface area contributed by atoms with Crippen molar-refractivity contribution in [1.29, 1.82) is 0 Å². The number of methoxy groups -OCH3 is 2. The zero-order chi connectivity index (χ0) is 15.0. The van der Waals surface area contributed by atoms with Gasteiger partial charge in [-0.1, -0.05) is 12.1 Å². The molecule has 1 atom stereocenters. The van der Waals surface area contributed by atoms with Crippen LogP contribution in [0.3, 0.4) is 0 Å². The van der Waals surface area contributed by atoms with Gasteiger partial charge < -0.3 is 14.8 Å². The first kappa shape index (κ1) is 16.9. The Labute approximate surface area is 125 Å². The zero-order valence-corrected chi connectivity index (χ0v) is 13.4. The molecule has 5 heteroatoms. The minimum atomic E-state index is -0.615. The van der Waals surface area contributed by atoms with Gasteiger partial charge in [0.2, 0.25) is 0 Å². The summed E-state index contributed by atoms with van der Waals surface area (Å²) in [6, 6.07) is 7.95. The quantitative estimate of drug-likeness (QED) is 0.454. The maximum Gasteiger partial charge on any atom is 0.325 e. The Morgan fingerprint density at radius 3 is 2.65 bits per heavy atom. The molecule has 1 rings (SSSR count). The van der Waals surface area contributed by atoms with Gasteiger partial charge in [0.1, 0.15) is 11.3 Å². The molecule has 0 heterocycles. The molecular formula is C15H23NO3S. The molecule has 4 nitrogen and oxygen atoms in total. The normalized spacial score (nSPS) is 13.6. The van der Waals surface area contributed by atoms with E-state index in [1.807, 2.05) is 31.2 Å². The van der Waals surface area contributed by atoms with Crippen molar-refractivity contribution in [3.05, 3.63) is 24.3 Å². The molecular weight excluding hydrogens is 274 g/mol. The minimum absolute atomic E-state index is 0.220. The van der Waals surface area contributed by atoms with Crippen molar-refractivity contribution in [2.24, 2.45) is 0 Å². The number of para-hydroxylation sites is 1. The van der Waals surface area contributed by atoms with Crippen molar-refractivity contribution in [2.45, 2.75) is 30.2 Å². The van der Waals surface area contributed by atoms with Crippen LogP contribution in [0.25, 0.3) is 0 Å². The average molecular weight is 297 g/mol. The lowest BCUT2D eigenvalue weighted by molar-refractivity contribution is -0.148. The number of esters is 1. The summed E-state index contributed by atoms with van der Waals surface area (Å²) >= 11 is 1.74. The first-order valence-electron chi connectivity index (χ1n) is 6.60. The monoisotopic (exact) mass is 297 g/mol. The number of benzene rings is 1. The first-order chi connectivity index (χ1) is 9.57. The van der Waals surface area contributed by atoms with Gasteiger partial charge in [-0.05, 0) is 44.7 Å². The number of hydrogen-bond donors (Lipinski definition) is 1. The van der Waals surface area contributed by atoms with E-state index >= 15 is 0 Å². The van der Waals surface area contributed by atoms with Crippen LogP contribution in [0.1, 0.15) is 19.8 Å². The zero-order valence-electron chi connectivity index (χ0n) is 12.6. The van der Waals surface area contributed by atoms with Crippen molar-refractivity contribution >= 4 is 17.7 Å². The molecule has 0 aliphatic rings. The van der Waals surface area contributed by atoms with E-state index in [9.17, 15) is 4.79 Å². The van der Waals surface area contributed by atoms with Crippen LogP contribution in [-0.4, -0.2) is 38.5 Å². The third kappa shape index (κ3) is 4.42. The number of hydrogen-bond acceptors (Lipinski definition) is 5. The summed E-state index contributed by atoms with van der Waals surface area (Å²) in [5, 5.41) is 3.04. The Balaban J connectivity index is 2.46. The predicted molar refractivity (Wildman–Crippen MR) is 82.4 cm³/mol. The van der Waals surface area contributed by atoms with E-state index in [1.165, 1.54) is 7.11 Å². The summed E-state index contributed by atoms with van der Waals surface area (Å²) in [6.07, 6.45) is 1.65. The maximum atomic E-state index is 11.7. The highest BCUT2D eigenvalue weighted by molar-refractivity contribution is 7.99. The standard InChI is InChI=1S/C15H23NO3S/c1-15(16-2,14(17)19-4)10-7-11-20-13-9-6-5-8-12(13)18-3/h5-6,8-9,16H,7,10-11H2,1-4H3. The second kappa shape index (κ2) is 8.17. The number of ether oxygens (including phenoxy) is 2. The summed E-state index contributed by atoms with van der Waals surface area (Å²) in [6.45, 7) is 1.87. The van der Waals surface area contributed by atoms with Gasteiger partial charge >= 0.3 is 5.97 Å². The van der Waals surface area contributed by atoms with Crippen molar-refractivity contribution in [3.63, 3.8) is 0 Å². The smallest absolute Gasteiger partial charge is 0.325 e. The van der Waals surface area contributed by atoms with E-state index in [-0.39, 0.29) is 5.97 Å². The van der Waals surface area contributed by atoms with Gasteiger partial charge in [0.15, 0.2) is 0 Å². The van der Waals surface area contributed by atoms with Crippen molar-refractivity contribution < 1.29 is 14.3 Å². The number of likely N-dealkylation sites (N-methyl/N-ethyl adjacent to an activating group) is 1. The first-order valence-corrected chi connectivity index (χ1v) is 7.59. The molecule has 1 aromatic rings. The van der Waals surface area contributed by atoms with Gasteiger partial charge in [-0.2, -0.15) is 0 Å². The summed E-state index contributed by atoms with van der Waals surface area (Å²) in [5.41, 5.74) is -0.615. The second-order valence-corrected chi connectivity index (χ2v) is 5.81. The van der Waals surface area contributed by atoms with Gasteiger partial charge in [0, 0.05) is 4.90 Å². The minimum Gasteiger partial charge on any atom is -0.496 e. The molecule has 0 radical (unpaired) electrons. The Hall–Kier alpha value is -1.20. The molecule has 0 aliphatic carbocycles. The summed E-state index contributed by atoms with van der Waals surface area (Å²) in [5.74, 6) is 1.60. The fraction of sp³-hybridized carbons (Fsp3) is 0.533. The number of nitrogens with one attached hydrogen (secondary N) is 1. The van der Waals surface area contributed by atoms with Gasteiger partial charge in [0.05, 0.1) is 14.2 Å². The highest BCUT2D eigenvalue weighted by Gasteiger charge is 2.31. The molecule has 0 saturated carbocycles. The van der Waals surface area contributed by atoms with Crippen molar-refractivity contribution in [1.82, 2.24) is 5.32 Å². The molecule has 0 aliphatic heterocycles. The maximum absolute atomic E-state index is 11.7. The van der Waals surface area contributed by atoms with E-state index in [0.717, 1.165) is 29.2 Å². The summed E-state index contributed by atoms with van der Waals surface area (Å²) < 4.78 is 10.1. The molecule has 0 amide bonds. The molecule has 1 N–H and O–H groups in total. The van der Waals surface area contributed by atoms with Gasteiger partial charge in [-0.3, -0.25) is 4.79 Å². The number of carbonyl (C=O) groups excluding carboxylic acids is 1. The molecule has 1 aromatic carbocycles. The van der Waals surface area contributed by atoms with Crippen LogP contribution in [0.5, 0.6) is 5.75 Å². The highest BCUT2D eigenvalue weighted by Crippen LogP contribution is 2.30. The Bertz CT molecular complexity index is 439. The molecule has 0 spiro atoms. The highest BCUT2D eigenvalue weighted by atomic mass is 32.2. The van der Waals surface area contributed by atoms with Gasteiger partial charge in [-0.15, -0.1) is 11.8 Å². The largest absolute Gasteiger partial charge is 0.496 e. The molecule has 1 unspecified atom stereocenters. The second-order valence-electron chi connectivity index (χ2n) is 4.68. The summed E-state index contributed by atoms with van der Waals surface area (Å²) in [4.78, 5) is 12.8. The lowest BCUT2D eigenvalue weighted by atomic mass is 9.97. The molecule has 0 bridgehead atoms. The Morgan fingerprint density at radius 2 is 2.05 bits per heavy atom. The number of thioether (sulfide) groups is 1. The van der Waals surface area contributed by atoms with E-state index in [4.69, 9.17) is 9.47 Å². The Morgan fingerprint density at radius 1 is 1.35 bits per heavy atom. The fourth-order valence-corrected chi connectivity index (χ4v) is 2.88. The predicted octanol–water partition coefficient (Wildman–Crippen LogP) is 2.72. The van der Waals surface area contributed by atoms with E-state index in [1.54, 1.807) is 25.9 Å². The molecule has 20 heavy (non-hydrogen) atoms. The lowest BCUT2D eigenvalue weighted by Crippen LogP contribution is -2.48. The molecule has 0 aromatic heterocycles. The lowest BCUT2D eigenvalue weighted by Gasteiger charge is -2.25. The van der Waals surface area contributed by atoms with E-state index in [2.05, 4.69) is 5.32 Å². The van der Waals surface area contributed by atoms with Crippen LogP contribution < -0.4 is 10.1 Å². The fourth-order valence-electron chi connectivity index (χ4n) is 1.90. The average Bonchev–Trinajstić information content (AvgIpc) is 2.50. The number of carbonyl (C=O) groups is 1.